The van der Waals surface area contributed by atoms with Crippen molar-refractivity contribution in [2.24, 2.45) is 5.92 Å². The lowest BCUT2D eigenvalue weighted by Crippen LogP contribution is -2.34. The molecule has 4 nitrogen and oxygen atoms in total. The minimum absolute atomic E-state index is 0.319. The molecular weight excluding hydrogens is 362 g/mol. The van der Waals surface area contributed by atoms with Crippen LogP contribution in [-0.4, -0.2) is 42.2 Å². The number of hydrogen-bond acceptors (Lipinski definition) is 3. The minimum atomic E-state index is -0.722. The second-order valence-corrected chi connectivity index (χ2v) is 7.35. The van der Waals surface area contributed by atoms with Crippen molar-refractivity contribution in [1.82, 2.24) is 4.90 Å². The van der Waals surface area contributed by atoms with Gasteiger partial charge in [-0.1, -0.05) is 55.5 Å². The van der Waals surface area contributed by atoms with Crippen LogP contribution in [0.1, 0.15) is 37.3 Å². The van der Waals surface area contributed by atoms with Crippen molar-refractivity contribution in [3.63, 3.8) is 0 Å². The van der Waals surface area contributed by atoms with Gasteiger partial charge in [0.1, 0.15) is 5.75 Å². The maximum absolute atomic E-state index is 11.3. The Morgan fingerprint density at radius 1 is 1.10 bits per heavy atom. The maximum atomic E-state index is 11.3. The summed E-state index contributed by atoms with van der Waals surface area (Å²) in [5.41, 5.74) is 2.57. The van der Waals surface area contributed by atoms with E-state index in [1.807, 2.05) is 31.2 Å². The summed E-state index contributed by atoms with van der Waals surface area (Å²) in [7, 11) is 0. The van der Waals surface area contributed by atoms with Gasteiger partial charge in [0, 0.05) is 13.1 Å². The zero-order chi connectivity index (χ0) is 20.9. The summed E-state index contributed by atoms with van der Waals surface area (Å²) >= 11 is 0. The quantitative estimate of drug-likeness (QED) is 0.360. The molecule has 0 aromatic heterocycles. The second kappa shape index (κ2) is 12.8. The van der Waals surface area contributed by atoms with Crippen molar-refractivity contribution in [1.29, 1.82) is 0 Å². The molecule has 156 valence electrons. The van der Waals surface area contributed by atoms with Crippen LogP contribution in [0, 0.1) is 5.92 Å². The Morgan fingerprint density at radius 3 is 2.41 bits per heavy atom. The highest BCUT2D eigenvalue weighted by Crippen LogP contribution is 2.16. The van der Waals surface area contributed by atoms with Crippen LogP contribution < -0.4 is 4.74 Å². The highest BCUT2D eigenvalue weighted by Gasteiger charge is 2.18. The molecule has 29 heavy (non-hydrogen) atoms. The molecule has 1 atom stereocenters. The molecule has 0 saturated heterocycles. The molecule has 0 aliphatic heterocycles. The number of hydrogen-bond donors (Lipinski definition) is 1. The van der Waals surface area contributed by atoms with Gasteiger partial charge in [0.25, 0.3) is 0 Å². The van der Waals surface area contributed by atoms with E-state index in [2.05, 4.69) is 47.9 Å². The lowest BCUT2D eigenvalue weighted by Gasteiger charge is -2.23. The summed E-state index contributed by atoms with van der Waals surface area (Å²) in [5, 5.41) is 9.26. The van der Waals surface area contributed by atoms with Gasteiger partial charge in [-0.15, -0.1) is 6.58 Å². The molecule has 0 bridgehead atoms. The smallest absolute Gasteiger partial charge is 0.307 e. The largest absolute Gasteiger partial charge is 0.494 e. The maximum Gasteiger partial charge on any atom is 0.307 e. The Bertz CT molecular complexity index is 727. The van der Waals surface area contributed by atoms with E-state index in [4.69, 9.17) is 4.74 Å². The SMILES string of the molecule is C=CCN(CCCCOc1ccc(Cc2ccccc2)cc1)CC(CC)C(=O)O. The highest BCUT2D eigenvalue weighted by atomic mass is 16.5. The average Bonchev–Trinajstić information content (AvgIpc) is 2.73. The molecule has 0 aliphatic rings. The van der Waals surface area contributed by atoms with E-state index in [-0.39, 0.29) is 5.92 Å². The molecule has 0 amide bonds. The molecule has 2 aromatic rings. The average molecular weight is 396 g/mol. The molecule has 0 saturated carbocycles. The molecule has 0 fully saturated rings. The molecule has 2 rings (SSSR count). The number of carboxylic acid groups (broad SMARTS) is 1. The van der Waals surface area contributed by atoms with Crippen LogP contribution in [0.25, 0.3) is 0 Å². The van der Waals surface area contributed by atoms with Crippen LogP contribution in [-0.2, 0) is 11.2 Å². The number of carboxylic acids is 1. The Hall–Kier alpha value is -2.59. The summed E-state index contributed by atoms with van der Waals surface area (Å²) in [6, 6.07) is 18.7. The van der Waals surface area contributed by atoms with Crippen LogP contribution in [0.3, 0.4) is 0 Å². The monoisotopic (exact) mass is 395 g/mol. The first kappa shape index (κ1) is 22.7. The molecule has 1 unspecified atom stereocenters. The highest BCUT2D eigenvalue weighted by molar-refractivity contribution is 5.70. The Balaban J connectivity index is 1.69. The normalized spacial score (nSPS) is 11.9. The summed E-state index contributed by atoms with van der Waals surface area (Å²) in [6.45, 7) is 8.51. The van der Waals surface area contributed by atoms with Gasteiger partial charge in [-0.2, -0.15) is 0 Å². The number of unbranched alkanes of at least 4 members (excludes halogenated alkanes) is 1. The van der Waals surface area contributed by atoms with E-state index in [0.29, 0.717) is 26.1 Å². The van der Waals surface area contributed by atoms with Crippen molar-refractivity contribution in [3.05, 3.63) is 78.4 Å². The Kier molecular flexibility index (Phi) is 10.0. The van der Waals surface area contributed by atoms with E-state index < -0.39 is 5.97 Å². The van der Waals surface area contributed by atoms with Crippen LogP contribution in [0.2, 0.25) is 0 Å². The zero-order valence-electron chi connectivity index (χ0n) is 17.4. The summed E-state index contributed by atoms with van der Waals surface area (Å²) in [5.74, 6) is -0.150. The molecule has 0 spiro atoms. The standard InChI is InChI=1S/C25H33NO3/c1-3-16-26(20-23(4-2)25(27)28)17-8-9-18-29-24-14-12-22(13-15-24)19-21-10-6-5-7-11-21/h3,5-7,10-15,23H,1,4,8-9,16-20H2,2H3,(H,27,28). The van der Waals surface area contributed by atoms with Crippen molar-refractivity contribution in [3.8, 4) is 5.75 Å². The number of carbonyl (C=O) groups is 1. The number of rotatable bonds is 14. The molecule has 0 heterocycles. The third-order valence-electron chi connectivity index (χ3n) is 5.02. The molecular formula is C25H33NO3. The van der Waals surface area contributed by atoms with E-state index in [0.717, 1.165) is 31.6 Å². The van der Waals surface area contributed by atoms with E-state index in [1.54, 1.807) is 0 Å². The van der Waals surface area contributed by atoms with Gasteiger partial charge in [0.15, 0.2) is 0 Å². The third kappa shape index (κ3) is 8.53. The van der Waals surface area contributed by atoms with Gasteiger partial charge in [-0.3, -0.25) is 9.69 Å². The number of aliphatic carboxylic acids is 1. The van der Waals surface area contributed by atoms with Crippen molar-refractivity contribution < 1.29 is 14.6 Å². The second-order valence-electron chi connectivity index (χ2n) is 7.35. The first-order chi connectivity index (χ1) is 14.1. The van der Waals surface area contributed by atoms with E-state index >= 15 is 0 Å². The van der Waals surface area contributed by atoms with E-state index in [1.165, 1.54) is 11.1 Å². The van der Waals surface area contributed by atoms with Gasteiger partial charge in [0.05, 0.1) is 12.5 Å². The zero-order valence-corrected chi connectivity index (χ0v) is 17.4. The molecule has 2 aromatic carbocycles. The number of benzene rings is 2. The lowest BCUT2D eigenvalue weighted by atomic mass is 10.1. The van der Waals surface area contributed by atoms with Crippen LogP contribution in [0.15, 0.2) is 67.3 Å². The van der Waals surface area contributed by atoms with Gasteiger partial charge in [-0.05, 0) is 55.5 Å². The van der Waals surface area contributed by atoms with Crippen molar-refractivity contribution in [2.45, 2.75) is 32.6 Å². The Morgan fingerprint density at radius 2 is 1.79 bits per heavy atom. The fourth-order valence-corrected chi connectivity index (χ4v) is 3.30. The predicted octanol–water partition coefficient (Wildman–Crippen LogP) is 5.04. The molecule has 0 aliphatic carbocycles. The van der Waals surface area contributed by atoms with Crippen LogP contribution in [0.4, 0.5) is 0 Å². The minimum Gasteiger partial charge on any atom is -0.494 e. The fourth-order valence-electron chi connectivity index (χ4n) is 3.30. The summed E-state index contributed by atoms with van der Waals surface area (Å²) in [4.78, 5) is 13.4. The molecule has 4 heteroatoms. The van der Waals surface area contributed by atoms with E-state index in [9.17, 15) is 9.90 Å². The van der Waals surface area contributed by atoms with Crippen LogP contribution in [0.5, 0.6) is 5.75 Å². The number of nitrogens with zero attached hydrogens (tertiary/aromatic N) is 1. The fraction of sp³-hybridized carbons (Fsp3) is 0.400. The first-order valence-corrected chi connectivity index (χ1v) is 10.4. The summed E-state index contributed by atoms with van der Waals surface area (Å²) in [6.07, 6.45) is 5.31. The van der Waals surface area contributed by atoms with Crippen molar-refractivity contribution in [2.75, 3.05) is 26.2 Å². The third-order valence-corrected chi connectivity index (χ3v) is 5.02. The number of ether oxygens (including phenoxy) is 1. The Labute approximate surface area is 174 Å². The van der Waals surface area contributed by atoms with Gasteiger partial charge < -0.3 is 9.84 Å². The van der Waals surface area contributed by atoms with Crippen LogP contribution >= 0.6 is 0 Å². The van der Waals surface area contributed by atoms with Gasteiger partial charge in [-0.25, -0.2) is 0 Å². The predicted molar refractivity (Wildman–Crippen MR) is 118 cm³/mol. The van der Waals surface area contributed by atoms with Crippen molar-refractivity contribution >= 4 is 5.97 Å². The van der Waals surface area contributed by atoms with Gasteiger partial charge >= 0.3 is 5.97 Å². The van der Waals surface area contributed by atoms with Gasteiger partial charge in [0.2, 0.25) is 0 Å². The first-order valence-electron chi connectivity index (χ1n) is 10.4. The molecule has 0 radical (unpaired) electrons. The summed E-state index contributed by atoms with van der Waals surface area (Å²) < 4.78 is 5.86. The molecule has 1 N–H and O–H groups in total. The lowest BCUT2D eigenvalue weighted by molar-refractivity contribution is -0.142. The topological polar surface area (TPSA) is 49.8 Å².